The number of thiophene rings is 1. The molecule has 0 aliphatic heterocycles. The van der Waals surface area contributed by atoms with E-state index < -0.39 is 0 Å². The molecule has 2 aromatic heterocycles. The Morgan fingerprint density at radius 1 is 1.47 bits per heavy atom. The lowest BCUT2D eigenvalue weighted by Gasteiger charge is -2.04. The fraction of sp³-hybridized carbons (Fsp3) is 0.400. The zero-order valence-corrected chi connectivity index (χ0v) is 10.9. The van der Waals surface area contributed by atoms with Crippen LogP contribution in [0.25, 0.3) is 10.2 Å². The number of aliphatic hydroxyl groups excluding tert-OH is 1. The van der Waals surface area contributed by atoms with E-state index in [0.717, 1.165) is 34.0 Å². The molecule has 0 amide bonds. The second kappa shape index (κ2) is 6.15. The zero-order valence-electron chi connectivity index (χ0n) is 9.22. The van der Waals surface area contributed by atoms with Gasteiger partial charge < -0.3 is 10.5 Å². The highest BCUT2D eigenvalue weighted by molar-refractivity contribution is 7.98. The molecule has 92 valence electrons. The normalized spacial score (nSPS) is 10.9. The van der Waals surface area contributed by atoms with Gasteiger partial charge in [-0.1, -0.05) is 0 Å². The molecule has 0 saturated carbocycles. The molecule has 0 atom stereocenters. The molecule has 0 fully saturated rings. The number of rotatable bonds is 6. The molecule has 2 rings (SSSR count). The molecule has 17 heavy (non-hydrogen) atoms. The van der Waals surface area contributed by atoms with Crippen LogP contribution in [0.4, 0.5) is 5.82 Å². The van der Waals surface area contributed by atoms with Crippen LogP contribution in [0.15, 0.2) is 11.4 Å². The van der Waals surface area contributed by atoms with Crippen molar-refractivity contribution in [1.29, 1.82) is 0 Å². The maximum Gasteiger partial charge on any atom is 0.152 e. The van der Waals surface area contributed by atoms with Gasteiger partial charge in [-0.05, 0) is 23.6 Å². The molecule has 0 aliphatic carbocycles. The zero-order chi connectivity index (χ0) is 12.1. The summed E-state index contributed by atoms with van der Waals surface area (Å²) in [5.74, 6) is 8.54. The highest BCUT2D eigenvalue weighted by Crippen LogP contribution is 2.25. The monoisotopic (exact) mass is 270 g/mol. The van der Waals surface area contributed by atoms with Crippen molar-refractivity contribution in [2.45, 2.75) is 12.2 Å². The Hall–Kier alpha value is -0.890. The van der Waals surface area contributed by atoms with Crippen molar-refractivity contribution >= 4 is 39.1 Å². The molecule has 2 aromatic rings. The van der Waals surface area contributed by atoms with E-state index >= 15 is 0 Å². The average molecular weight is 270 g/mol. The highest BCUT2D eigenvalue weighted by atomic mass is 32.2. The molecule has 0 bridgehead atoms. The van der Waals surface area contributed by atoms with Crippen molar-refractivity contribution in [1.82, 2.24) is 9.97 Å². The average Bonchev–Trinajstić information content (AvgIpc) is 2.81. The largest absolute Gasteiger partial charge is 0.396 e. The van der Waals surface area contributed by atoms with Gasteiger partial charge in [0.2, 0.25) is 0 Å². The number of hydrogen-bond acceptors (Lipinski definition) is 7. The Kier molecular flexibility index (Phi) is 4.55. The van der Waals surface area contributed by atoms with Crippen LogP contribution in [-0.4, -0.2) is 27.4 Å². The SMILES string of the molecule is NNc1nc(CSCCCO)nc2sccc12. The summed E-state index contributed by atoms with van der Waals surface area (Å²) in [5.41, 5.74) is 2.60. The van der Waals surface area contributed by atoms with Crippen LogP contribution < -0.4 is 11.3 Å². The Balaban J connectivity index is 2.11. The molecular formula is C10H14N4OS2. The summed E-state index contributed by atoms with van der Waals surface area (Å²) >= 11 is 3.29. The second-order valence-corrected chi connectivity index (χ2v) is 5.40. The van der Waals surface area contributed by atoms with Crippen LogP contribution in [0.3, 0.4) is 0 Å². The molecule has 0 spiro atoms. The van der Waals surface area contributed by atoms with Crippen molar-refractivity contribution in [3.63, 3.8) is 0 Å². The molecule has 0 unspecified atom stereocenters. The number of aromatic nitrogens is 2. The number of fused-ring (bicyclic) bond motifs is 1. The summed E-state index contributed by atoms with van der Waals surface area (Å²) < 4.78 is 0. The highest BCUT2D eigenvalue weighted by Gasteiger charge is 2.07. The fourth-order valence-corrected chi connectivity index (χ4v) is 2.98. The standard InChI is InChI=1S/C10H14N4OS2/c11-14-9-7-2-5-17-10(7)13-8(12-9)6-16-4-1-3-15/h2,5,15H,1,3-4,6,11H2,(H,12,13,14). The first-order valence-electron chi connectivity index (χ1n) is 5.24. The minimum Gasteiger partial charge on any atom is -0.396 e. The van der Waals surface area contributed by atoms with E-state index in [-0.39, 0.29) is 6.61 Å². The summed E-state index contributed by atoms with van der Waals surface area (Å²) in [5, 5.41) is 11.6. The van der Waals surface area contributed by atoms with Gasteiger partial charge in [0.25, 0.3) is 0 Å². The van der Waals surface area contributed by atoms with Crippen molar-refractivity contribution in [3.8, 4) is 0 Å². The minimum atomic E-state index is 0.230. The quantitative estimate of drug-likeness (QED) is 0.420. The Morgan fingerprint density at radius 3 is 3.12 bits per heavy atom. The van der Waals surface area contributed by atoms with Gasteiger partial charge in [-0.2, -0.15) is 11.8 Å². The molecule has 0 radical (unpaired) electrons. The third-order valence-electron chi connectivity index (χ3n) is 2.19. The van der Waals surface area contributed by atoms with E-state index in [2.05, 4.69) is 15.4 Å². The van der Waals surface area contributed by atoms with Gasteiger partial charge >= 0.3 is 0 Å². The Morgan fingerprint density at radius 2 is 2.35 bits per heavy atom. The smallest absolute Gasteiger partial charge is 0.152 e. The van der Waals surface area contributed by atoms with Gasteiger partial charge in [-0.25, -0.2) is 15.8 Å². The van der Waals surface area contributed by atoms with Crippen LogP contribution in [-0.2, 0) is 5.75 Å². The first-order valence-corrected chi connectivity index (χ1v) is 7.28. The maximum atomic E-state index is 8.69. The van der Waals surface area contributed by atoms with Crippen LogP contribution in [0.1, 0.15) is 12.2 Å². The molecule has 0 aliphatic rings. The first kappa shape index (κ1) is 12.6. The minimum absolute atomic E-state index is 0.230. The van der Waals surface area contributed by atoms with Gasteiger partial charge in [0.15, 0.2) is 5.82 Å². The Labute approximate surface area is 107 Å². The number of aliphatic hydroxyl groups is 1. The molecule has 7 heteroatoms. The fourth-order valence-electron chi connectivity index (χ4n) is 1.40. The molecule has 2 heterocycles. The van der Waals surface area contributed by atoms with E-state index in [9.17, 15) is 0 Å². The number of nitrogens with zero attached hydrogens (tertiary/aromatic N) is 2. The van der Waals surface area contributed by atoms with Gasteiger partial charge in [0.05, 0.1) is 11.1 Å². The summed E-state index contributed by atoms with van der Waals surface area (Å²) in [6, 6.07) is 1.96. The maximum absolute atomic E-state index is 8.69. The second-order valence-electron chi connectivity index (χ2n) is 3.40. The van der Waals surface area contributed by atoms with Crippen LogP contribution >= 0.6 is 23.1 Å². The first-order chi connectivity index (χ1) is 8.35. The van der Waals surface area contributed by atoms with E-state index in [1.165, 1.54) is 0 Å². The van der Waals surface area contributed by atoms with Gasteiger partial charge in [0.1, 0.15) is 10.7 Å². The summed E-state index contributed by atoms with van der Waals surface area (Å²) in [6.45, 7) is 0.230. The number of nitrogens with one attached hydrogen (secondary N) is 1. The number of hydrazine groups is 1. The van der Waals surface area contributed by atoms with E-state index in [0.29, 0.717) is 5.82 Å². The van der Waals surface area contributed by atoms with Gasteiger partial charge in [0, 0.05) is 6.61 Å². The lowest BCUT2D eigenvalue weighted by molar-refractivity contribution is 0.296. The number of nitrogen functional groups attached to an aromatic ring is 1. The van der Waals surface area contributed by atoms with Crippen LogP contribution in [0.5, 0.6) is 0 Å². The third kappa shape index (κ3) is 3.06. The molecule has 0 saturated heterocycles. The van der Waals surface area contributed by atoms with Crippen molar-refractivity contribution in [2.24, 2.45) is 5.84 Å². The van der Waals surface area contributed by atoms with Gasteiger partial charge in [-0.3, -0.25) is 0 Å². The number of hydrogen-bond donors (Lipinski definition) is 3. The number of nitrogens with two attached hydrogens (primary N) is 1. The Bertz CT molecular complexity index is 488. The van der Waals surface area contributed by atoms with Crippen molar-refractivity contribution < 1.29 is 5.11 Å². The predicted molar refractivity (Wildman–Crippen MR) is 73.1 cm³/mol. The lowest BCUT2D eigenvalue weighted by Crippen LogP contribution is -2.10. The predicted octanol–water partition coefficient (Wildman–Crippen LogP) is 1.59. The summed E-state index contributed by atoms with van der Waals surface area (Å²) in [4.78, 5) is 9.79. The summed E-state index contributed by atoms with van der Waals surface area (Å²) in [6.07, 6.45) is 0.800. The lowest BCUT2D eigenvalue weighted by atomic mass is 10.4. The van der Waals surface area contributed by atoms with Crippen LogP contribution in [0.2, 0.25) is 0 Å². The van der Waals surface area contributed by atoms with E-state index in [4.69, 9.17) is 10.9 Å². The van der Waals surface area contributed by atoms with Crippen LogP contribution in [0, 0.1) is 0 Å². The van der Waals surface area contributed by atoms with E-state index in [1.807, 2.05) is 11.4 Å². The molecule has 4 N–H and O–H groups in total. The number of anilines is 1. The summed E-state index contributed by atoms with van der Waals surface area (Å²) in [7, 11) is 0. The topological polar surface area (TPSA) is 84.1 Å². The van der Waals surface area contributed by atoms with Gasteiger partial charge in [-0.15, -0.1) is 11.3 Å². The molecule has 0 aromatic carbocycles. The molecular weight excluding hydrogens is 256 g/mol. The van der Waals surface area contributed by atoms with E-state index in [1.54, 1.807) is 23.1 Å². The van der Waals surface area contributed by atoms with Crippen molar-refractivity contribution in [3.05, 3.63) is 17.3 Å². The number of thioether (sulfide) groups is 1. The molecule has 5 nitrogen and oxygen atoms in total. The third-order valence-corrected chi connectivity index (χ3v) is 4.03. The van der Waals surface area contributed by atoms with Crippen molar-refractivity contribution in [2.75, 3.05) is 17.8 Å².